The molecular formula is C24H22BrN7O4S. The molecule has 2 aliphatic heterocycles. The van der Waals surface area contributed by atoms with Crippen molar-refractivity contribution in [3.05, 3.63) is 79.6 Å². The Morgan fingerprint density at radius 2 is 2.00 bits per heavy atom. The first-order valence-corrected chi connectivity index (χ1v) is 13.2. The van der Waals surface area contributed by atoms with Crippen molar-refractivity contribution in [2.24, 2.45) is 5.11 Å². The maximum absolute atomic E-state index is 11.4. The van der Waals surface area contributed by atoms with Crippen LogP contribution in [0.2, 0.25) is 0 Å². The minimum Gasteiger partial charge on any atom is -0.389 e. The molecule has 0 amide bonds. The number of aliphatic hydroxyl groups is 1. The molecule has 2 saturated heterocycles. The average molecular weight is 584 g/mol. The Hall–Kier alpha value is -2.90. The van der Waals surface area contributed by atoms with Crippen LogP contribution in [0, 0.1) is 13.8 Å². The van der Waals surface area contributed by atoms with Crippen LogP contribution >= 0.6 is 27.3 Å². The van der Waals surface area contributed by atoms with E-state index in [9.17, 15) is 10.6 Å². The summed E-state index contributed by atoms with van der Waals surface area (Å²) in [6.45, 7) is 3.91. The van der Waals surface area contributed by atoms with E-state index in [0.717, 1.165) is 30.9 Å². The Labute approximate surface area is 223 Å². The highest BCUT2D eigenvalue weighted by atomic mass is 79.9. The maximum Gasteiger partial charge on any atom is 0.184 e. The van der Waals surface area contributed by atoms with E-state index in [0.29, 0.717) is 11.6 Å². The fourth-order valence-corrected chi connectivity index (χ4v) is 6.15. The Bertz CT molecular complexity index is 1510. The molecule has 13 heteroatoms. The second-order valence-corrected chi connectivity index (χ2v) is 11.0. The number of benzene rings is 2. The zero-order chi connectivity index (χ0) is 25.7. The molecule has 0 spiro atoms. The minimum absolute atomic E-state index is 0.188. The molecule has 0 radical (unpaired) electrons. The predicted octanol–water partition coefficient (Wildman–Crippen LogP) is 4.85. The SMILES string of the molecule is Cc1nc([C@@H]2OC3COC(c4ccccc4)O[C@@H]3C(N=[N+]=[N-])C2O)n(-c2cc3sc(C)nc3cc2Br)n1. The van der Waals surface area contributed by atoms with Gasteiger partial charge in [0.15, 0.2) is 12.1 Å². The van der Waals surface area contributed by atoms with Crippen molar-refractivity contribution < 1.29 is 19.3 Å². The molecule has 37 heavy (non-hydrogen) atoms. The summed E-state index contributed by atoms with van der Waals surface area (Å²) in [7, 11) is 0. The molecule has 6 rings (SSSR count). The van der Waals surface area contributed by atoms with E-state index in [1.807, 2.05) is 49.4 Å². The number of thiazole rings is 1. The van der Waals surface area contributed by atoms with E-state index in [1.54, 1.807) is 22.9 Å². The normalized spacial score (nSPS) is 27.6. The molecule has 0 saturated carbocycles. The maximum atomic E-state index is 11.4. The van der Waals surface area contributed by atoms with Crippen LogP contribution in [0.5, 0.6) is 0 Å². The number of fused-ring (bicyclic) bond motifs is 2. The molecule has 11 nitrogen and oxygen atoms in total. The van der Waals surface area contributed by atoms with Gasteiger partial charge in [0.05, 0.1) is 39.7 Å². The Morgan fingerprint density at radius 1 is 1.19 bits per heavy atom. The van der Waals surface area contributed by atoms with Crippen LogP contribution in [0.1, 0.15) is 34.6 Å². The van der Waals surface area contributed by atoms with Gasteiger partial charge in [0.2, 0.25) is 0 Å². The number of hydrogen-bond acceptors (Lipinski definition) is 9. The van der Waals surface area contributed by atoms with Crippen LogP contribution in [0.3, 0.4) is 0 Å². The summed E-state index contributed by atoms with van der Waals surface area (Å²) in [4.78, 5) is 12.1. The average Bonchev–Trinajstić information content (AvgIpc) is 3.46. The predicted molar refractivity (Wildman–Crippen MR) is 138 cm³/mol. The molecule has 4 aromatic rings. The lowest BCUT2D eigenvalue weighted by Gasteiger charge is -2.46. The number of halogens is 1. The largest absolute Gasteiger partial charge is 0.389 e. The van der Waals surface area contributed by atoms with Crippen molar-refractivity contribution in [1.29, 1.82) is 0 Å². The topological polar surface area (TPSA) is 140 Å². The number of azide groups is 1. The van der Waals surface area contributed by atoms with E-state index < -0.39 is 36.7 Å². The summed E-state index contributed by atoms with van der Waals surface area (Å²) in [5, 5.41) is 20.9. The third-order valence-electron chi connectivity index (χ3n) is 6.42. The summed E-state index contributed by atoms with van der Waals surface area (Å²) >= 11 is 5.21. The molecule has 0 aliphatic carbocycles. The first kappa shape index (κ1) is 24.4. The van der Waals surface area contributed by atoms with Crippen molar-refractivity contribution >= 4 is 37.5 Å². The number of aromatic nitrogens is 4. The molecular weight excluding hydrogens is 562 g/mol. The van der Waals surface area contributed by atoms with Gasteiger partial charge in [-0.3, -0.25) is 0 Å². The molecule has 190 valence electrons. The van der Waals surface area contributed by atoms with Gasteiger partial charge in [-0.25, -0.2) is 14.6 Å². The van der Waals surface area contributed by atoms with Gasteiger partial charge in [-0.05, 0) is 47.4 Å². The van der Waals surface area contributed by atoms with Gasteiger partial charge >= 0.3 is 0 Å². The molecule has 6 atom stereocenters. The lowest BCUT2D eigenvalue weighted by molar-refractivity contribution is -0.309. The highest BCUT2D eigenvalue weighted by Crippen LogP contribution is 2.41. The monoisotopic (exact) mass is 583 g/mol. The van der Waals surface area contributed by atoms with Crippen molar-refractivity contribution in [2.75, 3.05) is 6.61 Å². The number of hydrogen-bond donors (Lipinski definition) is 1. The van der Waals surface area contributed by atoms with Gasteiger partial charge < -0.3 is 19.3 Å². The molecule has 1 N–H and O–H groups in total. The Morgan fingerprint density at radius 3 is 2.78 bits per heavy atom. The number of aryl methyl sites for hydroxylation is 2. The smallest absolute Gasteiger partial charge is 0.184 e. The van der Waals surface area contributed by atoms with Crippen LogP contribution < -0.4 is 0 Å². The molecule has 2 fully saturated rings. The van der Waals surface area contributed by atoms with Gasteiger partial charge in [-0.2, -0.15) is 5.10 Å². The van der Waals surface area contributed by atoms with Crippen molar-refractivity contribution in [3.63, 3.8) is 0 Å². The van der Waals surface area contributed by atoms with Gasteiger partial charge in [0.25, 0.3) is 0 Å². The second-order valence-electron chi connectivity index (χ2n) is 8.89. The second kappa shape index (κ2) is 9.76. The van der Waals surface area contributed by atoms with E-state index in [2.05, 4.69) is 41.0 Å². The molecule has 4 heterocycles. The zero-order valence-electron chi connectivity index (χ0n) is 19.8. The quantitative estimate of drug-likeness (QED) is 0.205. The summed E-state index contributed by atoms with van der Waals surface area (Å²) in [6.07, 6.45) is -4.14. The fourth-order valence-electron chi connectivity index (χ4n) is 4.81. The summed E-state index contributed by atoms with van der Waals surface area (Å²) in [5.41, 5.74) is 11.7. The Balaban J connectivity index is 1.36. The number of ether oxygens (including phenoxy) is 3. The highest BCUT2D eigenvalue weighted by Gasteiger charge is 2.51. The van der Waals surface area contributed by atoms with Gasteiger partial charge in [0, 0.05) is 14.9 Å². The Kier molecular flexibility index (Phi) is 6.45. The molecule has 2 aliphatic rings. The van der Waals surface area contributed by atoms with Gasteiger partial charge in [-0.1, -0.05) is 35.4 Å². The number of aliphatic hydroxyl groups excluding tert-OH is 1. The van der Waals surface area contributed by atoms with Crippen LogP contribution in [0.15, 0.2) is 52.1 Å². The lowest BCUT2D eigenvalue weighted by Crippen LogP contribution is -2.58. The molecule has 2 aromatic heterocycles. The van der Waals surface area contributed by atoms with Crippen molar-refractivity contribution in [3.8, 4) is 5.69 Å². The van der Waals surface area contributed by atoms with Crippen molar-refractivity contribution in [1.82, 2.24) is 19.7 Å². The van der Waals surface area contributed by atoms with E-state index in [1.165, 1.54) is 0 Å². The van der Waals surface area contributed by atoms with E-state index in [4.69, 9.17) is 14.2 Å². The zero-order valence-corrected chi connectivity index (χ0v) is 22.2. The minimum atomic E-state index is -1.23. The van der Waals surface area contributed by atoms with E-state index in [-0.39, 0.29) is 6.61 Å². The van der Waals surface area contributed by atoms with E-state index >= 15 is 0 Å². The fraction of sp³-hybridized carbons (Fsp3) is 0.375. The van der Waals surface area contributed by atoms with Crippen LogP contribution in [-0.4, -0.2) is 55.8 Å². The summed E-state index contributed by atoms with van der Waals surface area (Å²) in [6, 6.07) is 12.4. The number of rotatable bonds is 4. The summed E-state index contributed by atoms with van der Waals surface area (Å²) < 4.78 is 21.8. The van der Waals surface area contributed by atoms with Crippen LogP contribution in [0.25, 0.3) is 26.3 Å². The number of nitrogens with zero attached hydrogens (tertiary/aromatic N) is 7. The first-order valence-electron chi connectivity index (χ1n) is 11.6. The molecule has 2 aromatic carbocycles. The summed E-state index contributed by atoms with van der Waals surface area (Å²) in [5.74, 6) is 0.883. The van der Waals surface area contributed by atoms with Gasteiger partial charge in [-0.15, -0.1) is 11.3 Å². The van der Waals surface area contributed by atoms with Crippen LogP contribution in [0.4, 0.5) is 0 Å². The molecule has 4 unspecified atom stereocenters. The first-order chi connectivity index (χ1) is 17.9. The van der Waals surface area contributed by atoms with Gasteiger partial charge in [0.1, 0.15) is 24.1 Å². The van der Waals surface area contributed by atoms with Crippen molar-refractivity contribution in [2.45, 2.75) is 50.6 Å². The lowest BCUT2D eigenvalue weighted by atomic mass is 9.91. The third kappa shape index (κ3) is 4.42. The molecule has 0 bridgehead atoms. The van der Waals surface area contributed by atoms with Crippen LogP contribution in [-0.2, 0) is 14.2 Å². The highest BCUT2D eigenvalue weighted by molar-refractivity contribution is 9.10. The standard InChI is InChI=1S/C24H22BrN7O4S/c1-11-27-23(32(30-11)16-9-18-15(8-14(16)25)28-12(2)37-18)22-20(33)19(29-31-26)21-17(35-22)10-34-24(36-21)13-6-4-3-5-7-13/h3-9,17,19-22,24,33H,10H2,1-2H3/t17?,19?,20?,21-,22+,24?/m0/s1. The third-order valence-corrected chi connectivity index (χ3v) is 7.99.